The molecule has 84 valence electrons. The van der Waals surface area contributed by atoms with Gasteiger partial charge in [-0.05, 0) is 27.3 Å². The van der Waals surface area contributed by atoms with Crippen molar-refractivity contribution >= 4 is 0 Å². The molecular weight excluding hydrogens is 178 g/mol. The van der Waals surface area contributed by atoms with Crippen LogP contribution in [0, 0.1) is 0 Å². The van der Waals surface area contributed by atoms with Gasteiger partial charge in [0.05, 0.1) is 25.9 Å². The van der Waals surface area contributed by atoms with Crippen LogP contribution in [-0.2, 0) is 9.47 Å². The van der Waals surface area contributed by atoms with E-state index >= 15 is 0 Å². The Morgan fingerprint density at radius 1 is 1.36 bits per heavy atom. The number of likely N-dealkylation sites (N-methyl/N-ethyl adjacent to an activating group) is 1. The van der Waals surface area contributed by atoms with E-state index in [1.165, 1.54) is 0 Å². The lowest BCUT2D eigenvalue weighted by molar-refractivity contribution is -0.102. The Morgan fingerprint density at radius 3 is 2.57 bits per heavy atom. The van der Waals surface area contributed by atoms with Crippen LogP contribution in [0.4, 0.5) is 0 Å². The highest BCUT2D eigenvalue weighted by Crippen LogP contribution is 2.17. The fourth-order valence-corrected chi connectivity index (χ4v) is 1.46. The summed E-state index contributed by atoms with van der Waals surface area (Å²) in [7, 11) is 2.15. The highest BCUT2D eigenvalue weighted by atomic mass is 16.6. The van der Waals surface area contributed by atoms with Gasteiger partial charge in [-0.3, -0.25) is 4.90 Å². The molecular formula is C11H23NO2. The molecule has 1 heterocycles. The van der Waals surface area contributed by atoms with E-state index in [1.54, 1.807) is 0 Å². The van der Waals surface area contributed by atoms with Gasteiger partial charge >= 0.3 is 0 Å². The number of nitrogens with zero attached hydrogens (tertiary/aromatic N) is 1. The smallest absolute Gasteiger partial charge is 0.0936 e. The largest absolute Gasteiger partial charge is 0.376 e. The molecule has 1 aliphatic heterocycles. The summed E-state index contributed by atoms with van der Waals surface area (Å²) in [5.74, 6) is 0. The van der Waals surface area contributed by atoms with Crippen LogP contribution in [0.1, 0.15) is 27.2 Å². The molecule has 0 radical (unpaired) electrons. The molecule has 1 fully saturated rings. The van der Waals surface area contributed by atoms with E-state index in [0.717, 1.165) is 32.8 Å². The van der Waals surface area contributed by atoms with Crippen LogP contribution in [0.3, 0.4) is 0 Å². The number of ether oxygens (including phenoxy) is 2. The second kappa shape index (κ2) is 5.10. The molecule has 0 spiro atoms. The normalized spacial score (nSPS) is 24.2. The molecule has 14 heavy (non-hydrogen) atoms. The molecule has 3 nitrogen and oxygen atoms in total. The molecule has 1 unspecified atom stereocenters. The van der Waals surface area contributed by atoms with Crippen molar-refractivity contribution in [2.24, 2.45) is 0 Å². The van der Waals surface area contributed by atoms with Crippen molar-refractivity contribution in [1.82, 2.24) is 4.90 Å². The van der Waals surface area contributed by atoms with E-state index in [0.29, 0.717) is 0 Å². The van der Waals surface area contributed by atoms with Crippen LogP contribution < -0.4 is 0 Å². The molecule has 0 saturated carbocycles. The summed E-state index contributed by atoms with van der Waals surface area (Å²) in [6.07, 6.45) is 1.40. The van der Waals surface area contributed by atoms with Crippen LogP contribution in [0.25, 0.3) is 0 Å². The fourth-order valence-electron chi connectivity index (χ4n) is 1.46. The third-order valence-electron chi connectivity index (χ3n) is 3.26. The molecule has 0 aliphatic carbocycles. The predicted molar refractivity (Wildman–Crippen MR) is 57.6 cm³/mol. The van der Waals surface area contributed by atoms with Crippen LogP contribution in [-0.4, -0.2) is 50.0 Å². The third-order valence-corrected chi connectivity index (χ3v) is 3.26. The third kappa shape index (κ3) is 3.23. The molecule has 1 rings (SSSR count). The van der Waals surface area contributed by atoms with Gasteiger partial charge in [-0.2, -0.15) is 0 Å². The van der Waals surface area contributed by atoms with Crippen molar-refractivity contribution < 1.29 is 9.47 Å². The van der Waals surface area contributed by atoms with Gasteiger partial charge in [0.15, 0.2) is 0 Å². The van der Waals surface area contributed by atoms with Gasteiger partial charge in [0, 0.05) is 12.1 Å². The molecule has 1 atom stereocenters. The molecule has 0 bridgehead atoms. The second-order valence-corrected chi connectivity index (χ2v) is 4.61. The highest BCUT2D eigenvalue weighted by Gasteiger charge is 2.25. The number of hydrogen-bond donors (Lipinski definition) is 0. The minimum absolute atomic E-state index is 0.250. The zero-order valence-electron chi connectivity index (χ0n) is 9.88. The molecule has 0 N–H and O–H groups in total. The molecule has 0 aromatic heterocycles. The summed E-state index contributed by atoms with van der Waals surface area (Å²) in [6.45, 7) is 9.93. The summed E-state index contributed by atoms with van der Waals surface area (Å²) in [4.78, 5) is 2.35. The Balaban J connectivity index is 2.34. The summed E-state index contributed by atoms with van der Waals surface area (Å²) < 4.78 is 11.0. The fraction of sp³-hybridized carbons (Fsp3) is 1.00. The standard InChI is InChI=1S/C11H23NO2/c1-5-11(2,3)12(4)8-10-9-13-6-7-14-10/h10H,5-9H2,1-4H3. The number of hydrogen-bond acceptors (Lipinski definition) is 3. The van der Waals surface area contributed by atoms with Crippen LogP contribution in [0.2, 0.25) is 0 Å². The summed E-state index contributed by atoms with van der Waals surface area (Å²) >= 11 is 0. The minimum atomic E-state index is 0.250. The van der Waals surface area contributed by atoms with Gasteiger partial charge < -0.3 is 9.47 Å². The first-order chi connectivity index (χ1) is 6.56. The summed E-state index contributed by atoms with van der Waals surface area (Å²) in [5.41, 5.74) is 0.251. The molecule has 0 amide bonds. The maximum atomic E-state index is 5.62. The molecule has 0 aromatic carbocycles. The Labute approximate surface area is 87.4 Å². The van der Waals surface area contributed by atoms with Crippen molar-refractivity contribution in [1.29, 1.82) is 0 Å². The van der Waals surface area contributed by atoms with Gasteiger partial charge in [-0.15, -0.1) is 0 Å². The van der Waals surface area contributed by atoms with Crippen molar-refractivity contribution in [2.75, 3.05) is 33.4 Å². The van der Waals surface area contributed by atoms with E-state index in [-0.39, 0.29) is 11.6 Å². The van der Waals surface area contributed by atoms with Crippen molar-refractivity contribution in [3.63, 3.8) is 0 Å². The lowest BCUT2D eigenvalue weighted by Gasteiger charge is -2.37. The van der Waals surface area contributed by atoms with Crippen LogP contribution in [0.15, 0.2) is 0 Å². The topological polar surface area (TPSA) is 21.7 Å². The first-order valence-corrected chi connectivity index (χ1v) is 5.47. The Morgan fingerprint density at radius 2 is 2.07 bits per heavy atom. The van der Waals surface area contributed by atoms with E-state index in [4.69, 9.17) is 9.47 Å². The summed E-state index contributed by atoms with van der Waals surface area (Å²) in [6, 6.07) is 0. The summed E-state index contributed by atoms with van der Waals surface area (Å²) in [5, 5.41) is 0. The van der Waals surface area contributed by atoms with Crippen molar-refractivity contribution in [3.8, 4) is 0 Å². The van der Waals surface area contributed by atoms with Gasteiger partial charge in [0.25, 0.3) is 0 Å². The lowest BCUT2D eigenvalue weighted by Crippen LogP contribution is -2.47. The van der Waals surface area contributed by atoms with E-state index < -0.39 is 0 Å². The van der Waals surface area contributed by atoms with E-state index in [2.05, 4.69) is 32.7 Å². The first kappa shape index (κ1) is 12.0. The average molecular weight is 201 g/mol. The zero-order valence-corrected chi connectivity index (χ0v) is 9.88. The SMILES string of the molecule is CCC(C)(C)N(C)CC1COCCO1. The lowest BCUT2D eigenvalue weighted by atomic mass is 9.99. The first-order valence-electron chi connectivity index (χ1n) is 5.47. The Kier molecular flexibility index (Phi) is 4.35. The Bertz CT molecular complexity index is 165. The van der Waals surface area contributed by atoms with E-state index in [1.807, 2.05) is 0 Å². The maximum absolute atomic E-state index is 5.62. The van der Waals surface area contributed by atoms with Gasteiger partial charge in [0.1, 0.15) is 0 Å². The molecule has 1 aliphatic rings. The molecule has 3 heteroatoms. The molecule has 1 saturated heterocycles. The van der Waals surface area contributed by atoms with Gasteiger partial charge in [-0.1, -0.05) is 6.92 Å². The van der Waals surface area contributed by atoms with Crippen LogP contribution >= 0.6 is 0 Å². The predicted octanol–water partition coefficient (Wildman–Crippen LogP) is 1.52. The van der Waals surface area contributed by atoms with Crippen LogP contribution in [0.5, 0.6) is 0 Å². The number of rotatable bonds is 4. The van der Waals surface area contributed by atoms with Gasteiger partial charge in [-0.25, -0.2) is 0 Å². The minimum Gasteiger partial charge on any atom is -0.376 e. The van der Waals surface area contributed by atoms with Crippen molar-refractivity contribution in [3.05, 3.63) is 0 Å². The van der Waals surface area contributed by atoms with E-state index in [9.17, 15) is 0 Å². The maximum Gasteiger partial charge on any atom is 0.0936 e. The van der Waals surface area contributed by atoms with Crippen molar-refractivity contribution in [2.45, 2.75) is 38.8 Å². The average Bonchev–Trinajstić information content (AvgIpc) is 2.19. The monoisotopic (exact) mass is 201 g/mol. The second-order valence-electron chi connectivity index (χ2n) is 4.61. The zero-order chi connectivity index (χ0) is 10.6. The quantitative estimate of drug-likeness (QED) is 0.688. The van der Waals surface area contributed by atoms with Gasteiger partial charge in [0.2, 0.25) is 0 Å². The molecule has 0 aromatic rings. The Hall–Kier alpha value is -0.120. The highest BCUT2D eigenvalue weighted by molar-refractivity contribution is 4.79.